The third kappa shape index (κ3) is 3.66. The summed E-state index contributed by atoms with van der Waals surface area (Å²) >= 11 is 0. The van der Waals surface area contributed by atoms with Gasteiger partial charge in [-0.25, -0.2) is 0 Å². The van der Waals surface area contributed by atoms with Crippen molar-refractivity contribution in [2.75, 3.05) is 0 Å². The maximum atomic E-state index is 5.44. The fourth-order valence-electron chi connectivity index (χ4n) is 0.657. The van der Waals surface area contributed by atoms with Crippen molar-refractivity contribution >= 4 is 0 Å². The van der Waals surface area contributed by atoms with Crippen molar-refractivity contribution in [3.8, 4) is 0 Å². The minimum absolute atomic E-state index is 0.192. The van der Waals surface area contributed by atoms with Crippen LogP contribution in [0, 0.1) is 0 Å². The maximum Gasteiger partial charge on any atom is 0.121 e. The zero-order chi connectivity index (χ0) is 8.85. The van der Waals surface area contributed by atoms with Gasteiger partial charge in [0.25, 0.3) is 0 Å². The van der Waals surface area contributed by atoms with Crippen LogP contribution < -0.4 is 0 Å². The van der Waals surface area contributed by atoms with E-state index >= 15 is 0 Å². The molecule has 0 aromatic heterocycles. The van der Waals surface area contributed by atoms with Gasteiger partial charge in [-0.15, -0.1) is 0 Å². The quantitative estimate of drug-likeness (QED) is 0.444. The third-order valence-corrected chi connectivity index (χ3v) is 1.24. The van der Waals surface area contributed by atoms with Gasteiger partial charge in [-0.1, -0.05) is 19.2 Å². The van der Waals surface area contributed by atoms with E-state index in [0.717, 1.165) is 11.3 Å². The van der Waals surface area contributed by atoms with Crippen LogP contribution in [0.3, 0.4) is 0 Å². The Bertz CT molecular complexity index is 175. The normalized spacial score (nSPS) is 12.4. The summed E-state index contributed by atoms with van der Waals surface area (Å²) in [6, 6.07) is 0. The van der Waals surface area contributed by atoms with Crippen LogP contribution >= 0.6 is 0 Å². The van der Waals surface area contributed by atoms with Gasteiger partial charge in [0.05, 0.1) is 6.10 Å². The molecule has 0 rings (SSSR count). The highest BCUT2D eigenvalue weighted by Crippen LogP contribution is 2.10. The van der Waals surface area contributed by atoms with Crippen molar-refractivity contribution in [1.82, 2.24) is 0 Å². The Morgan fingerprint density at radius 3 is 2.09 bits per heavy atom. The van der Waals surface area contributed by atoms with Gasteiger partial charge >= 0.3 is 0 Å². The number of ether oxygens (including phenoxy) is 1. The molecule has 0 heterocycles. The lowest BCUT2D eigenvalue weighted by Gasteiger charge is -2.11. The third-order valence-electron chi connectivity index (χ3n) is 1.24. The molecule has 1 nitrogen and oxygen atoms in total. The molecule has 0 N–H and O–H groups in total. The first-order valence-electron chi connectivity index (χ1n) is 3.74. The topological polar surface area (TPSA) is 9.23 Å². The molecule has 0 aromatic carbocycles. The molecule has 0 aliphatic heterocycles. The average Bonchev–Trinajstić information content (AvgIpc) is 1.98. The molecule has 1 heteroatoms. The summed E-state index contributed by atoms with van der Waals surface area (Å²) < 4.78 is 5.44. The molecule has 0 saturated carbocycles. The molecule has 0 aliphatic carbocycles. The Hall–Kier alpha value is -0.980. The van der Waals surface area contributed by atoms with E-state index in [4.69, 9.17) is 4.74 Å². The summed E-state index contributed by atoms with van der Waals surface area (Å²) in [5.41, 5.74) is 1.02. The fourth-order valence-corrected chi connectivity index (χ4v) is 0.657. The molecule has 0 bridgehead atoms. The zero-order valence-electron chi connectivity index (χ0n) is 7.55. The molecule has 0 aromatic rings. The summed E-state index contributed by atoms with van der Waals surface area (Å²) in [7, 11) is 0. The minimum atomic E-state index is 0.192. The average molecular weight is 152 g/mol. The highest BCUT2D eigenvalue weighted by molar-refractivity contribution is 5.24. The lowest BCUT2D eigenvalue weighted by Crippen LogP contribution is -2.01. The number of allylic oxidation sites excluding steroid dienone is 3. The van der Waals surface area contributed by atoms with Crippen LogP contribution in [0.2, 0.25) is 0 Å². The summed E-state index contributed by atoms with van der Waals surface area (Å²) in [6.45, 7) is 13.2. The zero-order valence-corrected chi connectivity index (χ0v) is 7.55. The highest BCUT2D eigenvalue weighted by Gasteiger charge is 1.98. The van der Waals surface area contributed by atoms with Crippen LogP contribution in [0.5, 0.6) is 0 Å². The smallest absolute Gasteiger partial charge is 0.121 e. The molecule has 0 aliphatic rings. The van der Waals surface area contributed by atoms with Gasteiger partial charge in [-0.2, -0.15) is 0 Å². The molecule has 0 amide bonds. The van der Waals surface area contributed by atoms with Gasteiger partial charge in [0.2, 0.25) is 0 Å². The van der Waals surface area contributed by atoms with Crippen molar-refractivity contribution < 1.29 is 4.74 Å². The van der Waals surface area contributed by atoms with Crippen LogP contribution in [-0.4, -0.2) is 6.10 Å². The summed E-state index contributed by atoms with van der Waals surface area (Å²) in [5, 5.41) is 0. The van der Waals surface area contributed by atoms with Crippen molar-refractivity contribution in [1.29, 1.82) is 0 Å². The number of rotatable bonds is 4. The van der Waals surface area contributed by atoms with Crippen molar-refractivity contribution in [3.05, 3.63) is 36.6 Å². The first-order valence-corrected chi connectivity index (χ1v) is 3.74. The van der Waals surface area contributed by atoms with Gasteiger partial charge in [0.15, 0.2) is 0 Å². The predicted molar refractivity (Wildman–Crippen MR) is 49.3 cm³/mol. The molecular formula is C10H16O. The number of hydrogen-bond acceptors (Lipinski definition) is 1. The van der Waals surface area contributed by atoms with E-state index in [2.05, 4.69) is 13.2 Å². The van der Waals surface area contributed by atoms with E-state index in [1.54, 1.807) is 12.2 Å². The Morgan fingerprint density at radius 2 is 1.82 bits per heavy atom. The van der Waals surface area contributed by atoms with E-state index in [1.807, 2.05) is 20.8 Å². The van der Waals surface area contributed by atoms with Crippen molar-refractivity contribution in [3.63, 3.8) is 0 Å². The first kappa shape index (κ1) is 10.0. The van der Waals surface area contributed by atoms with Gasteiger partial charge in [0.1, 0.15) is 5.76 Å². The van der Waals surface area contributed by atoms with E-state index in [0.29, 0.717) is 0 Å². The van der Waals surface area contributed by atoms with Gasteiger partial charge in [0, 0.05) is 0 Å². The van der Waals surface area contributed by atoms with Crippen LogP contribution in [0.4, 0.5) is 0 Å². The molecular weight excluding hydrogens is 136 g/mol. The largest absolute Gasteiger partial charge is 0.491 e. The Morgan fingerprint density at radius 1 is 1.27 bits per heavy atom. The SMILES string of the molecule is C=C/C(C)=C(\C=C)OC(C)C. The molecule has 11 heavy (non-hydrogen) atoms. The first-order chi connectivity index (χ1) is 5.11. The highest BCUT2D eigenvalue weighted by atomic mass is 16.5. The van der Waals surface area contributed by atoms with E-state index in [-0.39, 0.29) is 6.10 Å². The standard InChI is InChI=1S/C10H16O/c1-6-9(5)10(7-2)11-8(3)4/h6-8H,1-2H2,3-5H3/b10-9+. The second kappa shape index (κ2) is 4.78. The van der Waals surface area contributed by atoms with Crippen molar-refractivity contribution in [2.45, 2.75) is 26.9 Å². The van der Waals surface area contributed by atoms with Gasteiger partial charge in [-0.05, 0) is 32.4 Å². The Balaban J connectivity index is 4.38. The fraction of sp³-hybridized carbons (Fsp3) is 0.400. The molecule has 0 atom stereocenters. The predicted octanol–water partition coefficient (Wildman–Crippen LogP) is 3.06. The lowest BCUT2D eigenvalue weighted by molar-refractivity contribution is 0.156. The number of hydrogen-bond donors (Lipinski definition) is 0. The molecule has 0 unspecified atom stereocenters. The van der Waals surface area contributed by atoms with Gasteiger partial charge < -0.3 is 4.74 Å². The van der Waals surface area contributed by atoms with Crippen LogP contribution in [0.15, 0.2) is 36.6 Å². The maximum absolute atomic E-state index is 5.44. The van der Waals surface area contributed by atoms with E-state index < -0.39 is 0 Å². The summed E-state index contributed by atoms with van der Waals surface area (Å²) in [4.78, 5) is 0. The van der Waals surface area contributed by atoms with E-state index in [9.17, 15) is 0 Å². The molecule has 0 spiro atoms. The van der Waals surface area contributed by atoms with Crippen molar-refractivity contribution in [2.24, 2.45) is 0 Å². The van der Waals surface area contributed by atoms with E-state index in [1.165, 1.54) is 0 Å². The van der Waals surface area contributed by atoms with Crippen LogP contribution in [0.1, 0.15) is 20.8 Å². The second-order valence-corrected chi connectivity index (χ2v) is 2.62. The monoisotopic (exact) mass is 152 g/mol. The van der Waals surface area contributed by atoms with Crippen LogP contribution in [0.25, 0.3) is 0 Å². The minimum Gasteiger partial charge on any atom is -0.491 e. The molecule has 0 saturated heterocycles. The summed E-state index contributed by atoms with van der Waals surface area (Å²) in [5.74, 6) is 0.815. The molecule has 0 fully saturated rings. The molecule has 62 valence electrons. The second-order valence-electron chi connectivity index (χ2n) is 2.62. The summed E-state index contributed by atoms with van der Waals surface area (Å²) in [6.07, 6.45) is 3.66. The Labute approximate surface area is 69.1 Å². The molecule has 0 radical (unpaired) electrons. The van der Waals surface area contributed by atoms with Gasteiger partial charge in [-0.3, -0.25) is 0 Å². The van der Waals surface area contributed by atoms with Crippen LogP contribution in [-0.2, 0) is 4.74 Å². The lowest BCUT2D eigenvalue weighted by atomic mass is 10.2. The Kier molecular flexibility index (Phi) is 4.35.